The summed E-state index contributed by atoms with van der Waals surface area (Å²) in [4.78, 5) is 37.8. The second kappa shape index (κ2) is 9.01. The van der Waals surface area contributed by atoms with Gasteiger partial charge >= 0.3 is 0 Å². The topological polar surface area (TPSA) is 101 Å². The van der Waals surface area contributed by atoms with Crippen molar-refractivity contribution in [3.05, 3.63) is 28.3 Å². The van der Waals surface area contributed by atoms with Crippen molar-refractivity contribution in [1.29, 1.82) is 0 Å². The van der Waals surface area contributed by atoms with Crippen LogP contribution in [0.5, 0.6) is 0 Å². The molecule has 1 aromatic carbocycles. The van der Waals surface area contributed by atoms with Crippen LogP contribution in [-0.4, -0.2) is 25.4 Å². The summed E-state index contributed by atoms with van der Waals surface area (Å²) in [5.74, 6) is 2.51. The van der Waals surface area contributed by atoms with Crippen molar-refractivity contribution >= 4 is 60.7 Å². The summed E-state index contributed by atoms with van der Waals surface area (Å²) < 4.78 is 0.343. The Morgan fingerprint density at radius 2 is 1.26 bits per heavy atom. The standard InChI is InChI=1S/C30H37Br2N3O4/c31-29-10-18-3-19(11-29)7-27(6-18,16-29)14-25(36)33-22-1-2-23(24(5-22)35(38)39)34-26(37)15-28-8-20-4-21(9-28)13-30(32,12-20)17-28/h1-2,5,18-21H,3-4,6-17H2,(H,33,36)(H,34,37)/t18-,19-,20-,21-,27?,28?,29?,30?/m1/s1. The maximum absolute atomic E-state index is 13.2. The maximum Gasteiger partial charge on any atom is 0.294 e. The van der Waals surface area contributed by atoms with E-state index < -0.39 is 4.92 Å². The molecule has 0 spiro atoms. The molecule has 4 atom stereocenters. The largest absolute Gasteiger partial charge is 0.326 e. The van der Waals surface area contributed by atoms with Gasteiger partial charge in [-0.3, -0.25) is 19.7 Å². The van der Waals surface area contributed by atoms with Crippen molar-refractivity contribution in [1.82, 2.24) is 0 Å². The van der Waals surface area contributed by atoms with Crippen LogP contribution in [0.15, 0.2) is 18.2 Å². The van der Waals surface area contributed by atoms with Crippen LogP contribution in [0.25, 0.3) is 0 Å². The lowest BCUT2D eigenvalue weighted by Gasteiger charge is -2.60. The smallest absolute Gasteiger partial charge is 0.294 e. The van der Waals surface area contributed by atoms with E-state index in [2.05, 4.69) is 42.5 Å². The minimum Gasteiger partial charge on any atom is -0.326 e. The molecule has 2 amide bonds. The van der Waals surface area contributed by atoms with E-state index in [0.29, 0.717) is 42.2 Å². The Morgan fingerprint density at radius 1 is 0.795 bits per heavy atom. The second-order valence-corrected chi connectivity index (χ2v) is 18.0. The van der Waals surface area contributed by atoms with Gasteiger partial charge in [0.25, 0.3) is 5.69 Å². The molecule has 0 saturated heterocycles. The van der Waals surface area contributed by atoms with Crippen LogP contribution in [0.3, 0.4) is 0 Å². The molecule has 2 N–H and O–H groups in total. The maximum atomic E-state index is 13.2. The average molecular weight is 663 g/mol. The van der Waals surface area contributed by atoms with Crippen LogP contribution in [0.2, 0.25) is 0 Å². The summed E-state index contributed by atoms with van der Waals surface area (Å²) in [5, 5.41) is 17.7. The number of carbonyl (C=O) groups is 2. The van der Waals surface area contributed by atoms with E-state index in [1.807, 2.05) is 0 Å². The Morgan fingerprint density at radius 3 is 1.69 bits per heavy atom. The van der Waals surface area contributed by atoms with Crippen LogP contribution in [0.1, 0.15) is 89.9 Å². The number of halogens is 2. The monoisotopic (exact) mass is 661 g/mol. The lowest BCUT2D eigenvalue weighted by molar-refractivity contribution is -0.383. The molecule has 0 radical (unpaired) electrons. The molecular formula is C30H37Br2N3O4. The van der Waals surface area contributed by atoms with Gasteiger partial charge in [0.05, 0.1) is 4.92 Å². The molecule has 8 bridgehead atoms. The molecule has 7 nitrogen and oxygen atoms in total. The normalized spacial score (nSPS) is 42.9. The Labute approximate surface area is 246 Å². The first-order chi connectivity index (χ1) is 18.4. The highest BCUT2D eigenvalue weighted by Gasteiger charge is 2.58. The molecule has 9 heteroatoms. The molecular weight excluding hydrogens is 626 g/mol. The van der Waals surface area contributed by atoms with E-state index in [4.69, 9.17) is 0 Å². The molecule has 8 aliphatic rings. The van der Waals surface area contributed by atoms with Gasteiger partial charge in [0.2, 0.25) is 11.8 Å². The van der Waals surface area contributed by atoms with Crippen LogP contribution in [-0.2, 0) is 9.59 Å². The van der Waals surface area contributed by atoms with Gasteiger partial charge in [-0.2, -0.15) is 0 Å². The number of carbonyl (C=O) groups excluding carboxylic acids is 2. The molecule has 0 aliphatic heterocycles. The summed E-state index contributed by atoms with van der Waals surface area (Å²) in [6.07, 6.45) is 14.7. The summed E-state index contributed by atoms with van der Waals surface area (Å²) in [6.45, 7) is 0. The quantitative estimate of drug-likeness (QED) is 0.177. The summed E-state index contributed by atoms with van der Waals surface area (Å²) in [5.41, 5.74) is 0.445. The number of nitrogens with zero attached hydrogens (tertiary/aromatic N) is 1. The zero-order valence-electron chi connectivity index (χ0n) is 22.3. The van der Waals surface area contributed by atoms with Crippen LogP contribution in [0.4, 0.5) is 17.1 Å². The summed E-state index contributed by atoms with van der Waals surface area (Å²) in [6, 6.07) is 4.62. The molecule has 210 valence electrons. The van der Waals surface area contributed by atoms with E-state index >= 15 is 0 Å². The number of nitrogens with one attached hydrogen (secondary N) is 2. The lowest BCUT2D eigenvalue weighted by atomic mass is 9.48. The van der Waals surface area contributed by atoms with E-state index in [9.17, 15) is 19.7 Å². The van der Waals surface area contributed by atoms with Crippen molar-refractivity contribution in [3.8, 4) is 0 Å². The fraction of sp³-hybridized carbons (Fsp3) is 0.733. The minimum absolute atomic E-state index is 0.00860. The molecule has 0 unspecified atom stereocenters. The van der Waals surface area contributed by atoms with E-state index in [1.165, 1.54) is 44.6 Å². The number of anilines is 2. The van der Waals surface area contributed by atoms with Gasteiger partial charge < -0.3 is 10.6 Å². The van der Waals surface area contributed by atoms with Crippen molar-refractivity contribution in [2.75, 3.05) is 10.6 Å². The summed E-state index contributed by atoms with van der Waals surface area (Å²) in [7, 11) is 0. The lowest BCUT2D eigenvalue weighted by Crippen LogP contribution is -2.53. The number of hydrogen-bond donors (Lipinski definition) is 2. The first kappa shape index (κ1) is 26.4. The SMILES string of the molecule is O=C(CC12C[C@H]3C[C@@H](CC(Br)(C3)C1)C2)Nc1ccc(NC(=O)CC23C[C@H]4C[C@@H](CC(Br)(C4)C2)C3)c([N+](=O)[O-])c1. The summed E-state index contributed by atoms with van der Waals surface area (Å²) >= 11 is 8.01. The number of alkyl halides is 2. The van der Waals surface area contributed by atoms with Crippen molar-refractivity contribution in [2.45, 2.75) is 98.5 Å². The Bertz CT molecular complexity index is 1220. The van der Waals surface area contributed by atoms with Crippen molar-refractivity contribution in [3.63, 3.8) is 0 Å². The molecule has 8 fully saturated rings. The zero-order valence-corrected chi connectivity index (χ0v) is 25.4. The first-order valence-corrected chi connectivity index (χ1v) is 16.3. The minimum atomic E-state index is -0.475. The highest BCUT2D eigenvalue weighted by atomic mass is 79.9. The van der Waals surface area contributed by atoms with E-state index in [-0.39, 0.29) is 42.7 Å². The van der Waals surface area contributed by atoms with Gasteiger partial charge in [0.15, 0.2) is 0 Å². The zero-order chi connectivity index (χ0) is 27.2. The number of nitro groups is 1. The fourth-order valence-corrected chi connectivity index (χ4v) is 14.1. The molecule has 9 rings (SSSR count). The number of amides is 2. The molecule has 0 heterocycles. The van der Waals surface area contributed by atoms with E-state index in [1.54, 1.807) is 12.1 Å². The molecule has 1 aromatic rings. The molecule has 8 saturated carbocycles. The third kappa shape index (κ3) is 4.98. The molecule has 8 aliphatic carbocycles. The predicted molar refractivity (Wildman–Crippen MR) is 157 cm³/mol. The van der Waals surface area contributed by atoms with Gasteiger partial charge in [0, 0.05) is 33.2 Å². The number of benzene rings is 1. The van der Waals surface area contributed by atoms with Gasteiger partial charge in [0.1, 0.15) is 5.69 Å². The van der Waals surface area contributed by atoms with Gasteiger partial charge in [-0.1, -0.05) is 31.9 Å². The van der Waals surface area contributed by atoms with Crippen molar-refractivity contribution < 1.29 is 14.5 Å². The number of nitro benzene ring substituents is 1. The predicted octanol–water partition coefficient (Wildman–Crippen LogP) is 7.72. The van der Waals surface area contributed by atoms with Gasteiger partial charge in [-0.05, 0) is 124 Å². The first-order valence-electron chi connectivity index (χ1n) is 14.7. The Hall–Kier alpha value is -1.48. The van der Waals surface area contributed by atoms with Crippen LogP contribution >= 0.6 is 31.9 Å². The van der Waals surface area contributed by atoms with Crippen LogP contribution in [0, 0.1) is 44.6 Å². The van der Waals surface area contributed by atoms with Gasteiger partial charge in [-0.25, -0.2) is 0 Å². The van der Waals surface area contributed by atoms with Crippen molar-refractivity contribution in [2.24, 2.45) is 34.5 Å². The van der Waals surface area contributed by atoms with Gasteiger partial charge in [-0.15, -0.1) is 0 Å². The third-order valence-corrected chi connectivity index (χ3v) is 12.9. The van der Waals surface area contributed by atoms with Crippen LogP contribution < -0.4 is 10.6 Å². The number of rotatable bonds is 7. The molecule has 0 aromatic heterocycles. The number of hydrogen-bond acceptors (Lipinski definition) is 4. The Balaban J connectivity index is 1.02. The highest BCUT2D eigenvalue weighted by Crippen LogP contribution is 2.66. The van der Waals surface area contributed by atoms with E-state index in [0.717, 1.165) is 38.5 Å². The highest BCUT2D eigenvalue weighted by molar-refractivity contribution is 9.10. The Kier molecular flexibility index (Phi) is 6.10. The fourth-order valence-electron chi connectivity index (χ4n) is 11.0. The molecule has 39 heavy (non-hydrogen) atoms. The third-order valence-electron chi connectivity index (χ3n) is 11.0. The average Bonchev–Trinajstić information content (AvgIpc) is 2.75. The second-order valence-electron chi connectivity index (χ2n) is 14.7.